The van der Waals surface area contributed by atoms with E-state index in [0.29, 0.717) is 0 Å². The molecule has 0 aliphatic carbocycles. The maximum atomic E-state index is 13.4. The second-order valence-electron chi connectivity index (χ2n) is 3.88. The fourth-order valence-electron chi connectivity index (χ4n) is 1.52. The van der Waals surface area contributed by atoms with Crippen LogP contribution in [-0.4, -0.2) is 8.42 Å². The van der Waals surface area contributed by atoms with Crippen LogP contribution in [0.25, 0.3) is 0 Å². The molecule has 3 nitrogen and oxygen atoms in total. The molecule has 0 bridgehead atoms. The first kappa shape index (κ1) is 14.2. The molecule has 0 saturated heterocycles. The van der Waals surface area contributed by atoms with Crippen LogP contribution < -0.4 is 4.72 Å². The highest BCUT2D eigenvalue weighted by molar-refractivity contribution is 9.10. The number of hydrogen-bond acceptors (Lipinski definition) is 2. The molecule has 0 amide bonds. The van der Waals surface area contributed by atoms with E-state index >= 15 is 0 Å². The lowest BCUT2D eigenvalue weighted by Gasteiger charge is -2.07. The van der Waals surface area contributed by atoms with Crippen molar-refractivity contribution < 1.29 is 12.8 Å². The van der Waals surface area contributed by atoms with Gasteiger partial charge in [0.15, 0.2) is 0 Å². The van der Waals surface area contributed by atoms with Gasteiger partial charge in [0, 0.05) is 11.0 Å². The Morgan fingerprint density at radius 2 is 1.68 bits per heavy atom. The summed E-state index contributed by atoms with van der Waals surface area (Å²) in [5, 5.41) is 0. The van der Waals surface area contributed by atoms with Crippen molar-refractivity contribution in [2.45, 2.75) is 11.4 Å². The molecule has 0 fully saturated rings. The third kappa shape index (κ3) is 3.62. The zero-order chi connectivity index (χ0) is 13.9. The van der Waals surface area contributed by atoms with Crippen molar-refractivity contribution in [3.8, 4) is 0 Å². The molecule has 0 atom stereocenters. The summed E-state index contributed by atoms with van der Waals surface area (Å²) in [7, 11) is -3.84. The number of nitrogens with one attached hydrogen (secondary N) is 1. The normalized spacial score (nSPS) is 11.5. The van der Waals surface area contributed by atoms with Crippen LogP contribution >= 0.6 is 15.9 Å². The number of benzene rings is 2. The predicted molar refractivity (Wildman–Crippen MR) is 74.6 cm³/mol. The molecule has 0 radical (unpaired) electrons. The van der Waals surface area contributed by atoms with Crippen LogP contribution in [0.2, 0.25) is 0 Å². The number of sulfonamides is 1. The van der Waals surface area contributed by atoms with E-state index in [4.69, 9.17) is 0 Å². The lowest BCUT2D eigenvalue weighted by Crippen LogP contribution is -2.24. The van der Waals surface area contributed by atoms with Crippen LogP contribution in [-0.2, 0) is 16.6 Å². The SMILES string of the molecule is O=S(=O)(NCc1ccc(Br)cc1)c1ccccc1F. The third-order valence-electron chi connectivity index (χ3n) is 2.51. The smallest absolute Gasteiger partial charge is 0.207 e. The average molecular weight is 344 g/mol. The molecule has 6 heteroatoms. The maximum absolute atomic E-state index is 13.4. The molecule has 2 rings (SSSR count). The molecular formula is C13H11BrFNO2S. The monoisotopic (exact) mass is 343 g/mol. The topological polar surface area (TPSA) is 46.2 Å². The Morgan fingerprint density at radius 1 is 1.05 bits per heavy atom. The lowest BCUT2D eigenvalue weighted by atomic mass is 10.2. The average Bonchev–Trinajstić information content (AvgIpc) is 2.38. The van der Waals surface area contributed by atoms with E-state index < -0.39 is 15.8 Å². The molecule has 19 heavy (non-hydrogen) atoms. The highest BCUT2D eigenvalue weighted by Gasteiger charge is 2.17. The molecule has 0 aliphatic heterocycles. The van der Waals surface area contributed by atoms with Gasteiger partial charge in [0.2, 0.25) is 10.0 Å². The van der Waals surface area contributed by atoms with Gasteiger partial charge in [-0.2, -0.15) is 0 Å². The van der Waals surface area contributed by atoms with Crippen molar-refractivity contribution in [3.05, 3.63) is 64.4 Å². The van der Waals surface area contributed by atoms with Crippen molar-refractivity contribution >= 4 is 26.0 Å². The van der Waals surface area contributed by atoms with Crippen molar-refractivity contribution in [2.24, 2.45) is 0 Å². The van der Waals surface area contributed by atoms with Gasteiger partial charge >= 0.3 is 0 Å². The summed E-state index contributed by atoms with van der Waals surface area (Å²) in [6, 6.07) is 12.5. The van der Waals surface area contributed by atoms with Crippen LogP contribution in [0.15, 0.2) is 57.9 Å². The van der Waals surface area contributed by atoms with Gasteiger partial charge in [0.1, 0.15) is 10.7 Å². The fraction of sp³-hybridized carbons (Fsp3) is 0.0769. The Balaban J connectivity index is 2.14. The van der Waals surface area contributed by atoms with Crippen LogP contribution in [0.1, 0.15) is 5.56 Å². The number of halogens is 2. The first-order chi connectivity index (χ1) is 8.99. The zero-order valence-electron chi connectivity index (χ0n) is 9.81. The van der Waals surface area contributed by atoms with Crippen LogP contribution in [0, 0.1) is 5.82 Å². The summed E-state index contributed by atoms with van der Waals surface area (Å²) >= 11 is 3.29. The lowest BCUT2D eigenvalue weighted by molar-refractivity contribution is 0.557. The summed E-state index contributed by atoms with van der Waals surface area (Å²) in [6.45, 7) is 0.115. The predicted octanol–water partition coefficient (Wildman–Crippen LogP) is 3.07. The van der Waals surface area contributed by atoms with Crippen molar-refractivity contribution in [3.63, 3.8) is 0 Å². The highest BCUT2D eigenvalue weighted by Crippen LogP contribution is 2.14. The molecule has 0 aliphatic rings. The van der Waals surface area contributed by atoms with E-state index in [2.05, 4.69) is 20.7 Å². The molecule has 0 heterocycles. The molecule has 0 spiro atoms. The summed E-state index contributed by atoms with van der Waals surface area (Å²) < 4.78 is 40.6. The van der Waals surface area contributed by atoms with Crippen LogP contribution in [0.3, 0.4) is 0 Å². The number of rotatable bonds is 4. The van der Waals surface area contributed by atoms with Crippen molar-refractivity contribution in [2.75, 3.05) is 0 Å². The maximum Gasteiger partial charge on any atom is 0.243 e. The standard InChI is InChI=1S/C13H11BrFNO2S/c14-11-7-5-10(6-8-11)9-16-19(17,18)13-4-2-1-3-12(13)15/h1-8,16H,9H2. The summed E-state index contributed by atoms with van der Waals surface area (Å²) in [5.74, 6) is -0.759. The Hall–Kier alpha value is -1.24. The van der Waals surface area contributed by atoms with Gasteiger partial charge in [-0.25, -0.2) is 17.5 Å². The van der Waals surface area contributed by atoms with E-state index in [0.717, 1.165) is 16.1 Å². The fourth-order valence-corrected chi connectivity index (χ4v) is 2.88. The minimum Gasteiger partial charge on any atom is -0.207 e. The van der Waals surface area contributed by atoms with Gasteiger partial charge < -0.3 is 0 Å². The third-order valence-corrected chi connectivity index (χ3v) is 4.47. The molecule has 0 saturated carbocycles. The second kappa shape index (κ2) is 5.81. The molecule has 2 aromatic carbocycles. The quantitative estimate of drug-likeness (QED) is 0.927. The van der Waals surface area contributed by atoms with E-state index in [-0.39, 0.29) is 11.4 Å². The molecule has 0 unspecified atom stereocenters. The largest absolute Gasteiger partial charge is 0.243 e. The van der Waals surface area contributed by atoms with E-state index in [1.807, 2.05) is 12.1 Å². The first-order valence-corrected chi connectivity index (χ1v) is 7.75. The molecular weight excluding hydrogens is 333 g/mol. The molecule has 100 valence electrons. The molecule has 1 N–H and O–H groups in total. The molecule has 0 aromatic heterocycles. The summed E-state index contributed by atoms with van der Waals surface area (Å²) in [6.07, 6.45) is 0. The summed E-state index contributed by atoms with van der Waals surface area (Å²) in [4.78, 5) is -0.341. The molecule has 2 aromatic rings. The first-order valence-electron chi connectivity index (χ1n) is 5.48. The van der Waals surface area contributed by atoms with Gasteiger partial charge in [-0.3, -0.25) is 0 Å². The highest BCUT2D eigenvalue weighted by atomic mass is 79.9. The Labute approximate surface area is 119 Å². The minimum atomic E-state index is -3.84. The Bertz CT molecular complexity index is 671. The van der Waals surface area contributed by atoms with Gasteiger partial charge in [0.25, 0.3) is 0 Å². The number of hydrogen-bond donors (Lipinski definition) is 1. The minimum absolute atomic E-state index is 0.115. The van der Waals surface area contributed by atoms with E-state index in [9.17, 15) is 12.8 Å². The van der Waals surface area contributed by atoms with E-state index in [1.54, 1.807) is 12.1 Å². The Morgan fingerprint density at radius 3 is 2.32 bits per heavy atom. The van der Waals surface area contributed by atoms with Crippen LogP contribution in [0.4, 0.5) is 4.39 Å². The van der Waals surface area contributed by atoms with Crippen molar-refractivity contribution in [1.29, 1.82) is 0 Å². The van der Waals surface area contributed by atoms with Gasteiger partial charge in [0.05, 0.1) is 0 Å². The summed E-state index contributed by atoms with van der Waals surface area (Å²) in [5.41, 5.74) is 0.795. The van der Waals surface area contributed by atoms with Gasteiger partial charge in [-0.15, -0.1) is 0 Å². The van der Waals surface area contributed by atoms with Crippen LogP contribution in [0.5, 0.6) is 0 Å². The van der Waals surface area contributed by atoms with Crippen molar-refractivity contribution in [1.82, 2.24) is 4.72 Å². The second-order valence-corrected chi connectivity index (χ2v) is 6.53. The Kier molecular flexibility index (Phi) is 4.34. The van der Waals surface area contributed by atoms with Gasteiger partial charge in [-0.05, 0) is 29.8 Å². The zero-order valence-corrected chi connectivity index (χ0v) is 12.2. The van der Waals surface area contributed by atoms with E-state index in [1.165, 1.54) is 18.2 Å². The van der Waals surface area contributed by atoms with Gasteiger partial charge in [-0.1, -0.05) is 40.2 Å².